The number of unbranched alkanes of at least 4 members (excludes halogenated alkanes) is 2. The van der Waals surface area contributed by atoms with Gasteiger partial charge in [0.15, 0.2) is 0 Å². The molecule has 30 heavy (non-hydrogen) atoms. The van der Waals surface area contributed by atoms with Crippen LogP contribution in [0, 0.1) is 5.92 Å². The molecule has 0 spiro atoms. The molecule has 3 N–H and O–H groups in total. The Labute approximate surface area is 231 Å². The molecule has 0 fully saturated rings. The maximum atomic E-state index is 8.85. The van der Waals surface area contributed by atoms with Gasteiger partial charge in [0.25, 0.3) is 0 Å². The van der Waals surface area contributed by atoms with Gasteiger partial charge in [-0.25, -0.2) is 0 Å². The van der Waals surface area contributed by atoms with E-state index in [1.165, 1.54) is 30.1 Å². The third kappa shape index (κ3) is 37.0. The second-order valence-corrected chi connectivity index (χ2v) is 13.2. The van der Waals surface area contributed by atoms with Crippen molar-refractivity contribution in [3.05, 3.63) is 0 Å². The Morgan fingerprint density at radius 2 is 0.933 bits per heavy atom. The van der Waals surface area contributed by atoms with Crippen LogP contribution in [0.15, 0.2) is 0 Å². The van der Waals surface area contributed by atoms with E-state index in [9.17, 15) is 0 Å². The van der Waals surface area contributed by atoms with E-state index in [0.29, 0.717) is 0 Å². The molecule has 3 nitrogen and oxygen atoms in total. The predicted octanol–water partition coefficient (Wildman–Crippen LogP) is 4.68. The number of rotatable bonds is 8. The number of aliphatic hydroxyl groups is 3. The standard InChI is InChI=1S/C8H17.3C4H8OS2.Sn/c1-4-5-6-7-8(2)3;3*1-4(2,5)3(6)7;/h8H,1,4-7H2,2-3H3;3*5H,1-2H3,(H,6,7);/q;;;;+3/p-3. The molecule has 0 saturated carbocycles. The van der Waals surface area contributed by atoms with E-state index >= 15 is 0 Å². The van der Waals surface area contributed by atoms with Crippen LogP contribution in [0.2, 0.25) is 4.44 Å². The summed E-state index contributed by atoms with van der Waals surface area (Å²) in [4.78, 5) is 0. The van der Waals surface area contributed by atoms with E-state index in [4.69, 9.17) is 15.3 Å². The molecule has 0 aromatic heterocycles. The van der Waals surface area contributed by atoms with Crippen molar-refractivity contribution in [2.24, 2.45) is 5.92 Å². The second-order valence-electron chi connectivity index (χ2n) is 8.53. The van der Waals surface area contributed by atoms with Crippen molar-refractivity contribution in [2.45, 2.75) is 102 Å². The van der Waals surface area contributed by atoms with Gasteiger partial charge in [-0.05, 0) is 41.5 Å². The summed E-state index contributed by atoms with van der Waals surface area (Å²) >= 11 is 28.7. The molecule has 0 aliphatic carbocycles. The minimum atomic E-state index is -0.954. The van der Waals surface area contributed by atoms with Crippen LogP contribution in [0.1, 0.15) is 81.1 Å². The quantitative estimate of drug-likeness (QED) is 0.153. The molecular formula is C20H38O3S6Sn. The van der Waals surface area contributed by atoms with Crippen molar-refractivity contribution >= 4 is 110 Å². The summed E-state index contributed by atoms with van der Waals surface area (Å²) in [5.41, 5.74) is -2.86. The predicted molar refractivity (Wildman–Crippen MR) is 153 cm³/mol. The maximum absolute atomic E-state index is 8.85. The molecule has 0 saturated heterocycles. The van der Waals surface area contributed by atoms with Crippen molar-refractivity contribution in [3.8, 4) is 0 Å². The van der Waals surface area contributed by atoms with Gasteiger partial charge >= 0.3 is 72.4 Å². The topological polar surface area (TPSA) is 60.7 Å². The van der Waals surface area contributed by atoms with Gasteiger partial charge in [0.1, 0.15) is 0 Å². The van der Waals surface area contributed by atoms with E-state index in [0.717, 1.165) is 5.92 Å². The summed E-state index contributed by atoms with van der Waals surface area (Å²) in [5, 5.41) is 26.5. The fraction of sp³-hybridized carbons (Fsp3) is 0.850. The molecule has 0 unspecified atom stereocenters. The molecule has 176 valence electrons. The first-order valence-corrected chi connectivity index (χ1v) is 14.0. The van der Waals surface area contributed by atoms with Crippen molar-refractivity contribution in [3.63, 3.8) is 0 Å². The molecule has 0 aliphatic heterocycles. The first-order valence-electron chi connectivity index (χ1n) is 9.56. The molecule has 0 heterocycles. The van der Waals surface area contributed by atoms with E-state index < -0.39 is 16.8 Å². The molecule has 0 amide bonds. The third-order valence-corrected chi connectivity index (χ3v) is 6.96. The van der Waals surface area contributed by atoms with E-state index in [2.05, 4.69) is 88.4 Å². The van der Waals surface area contributed by atoms with E-state index in [-0.39, 0.29) is 12.6 Å². The Morgan fingerprint density at radius 1 is 0.700 bits per heavy atom. The summed E-state index contributed by atoms with van der Waals surface area (Å²) in [5.74, 6) is 0.912. The molecule has 0 aromatic carbocycles. The monoisotopic (exact) mass is 638 g/mol. The van der Waals surface area contributed by atoms with Crippen LogP contribution in [-0.4, -0.2) is 67.2 Å². The van der Waals surface area contributed by atoms with Crippen LogP contribution < -0.4 is 0 Å². The molecule has 0 radical (unpaired) electrons. The first kappa shape index (κ1) is 38.9. The molecule has 10 heteroatoms. The summed E-state index contributed by atoms with van der Waals surface area (Å²) in [6.45, 7) is 14.0. The number of hydrogen-bond acceptors (Lipinski definition) is 9. The second kappa shape index (κ2) is 20.0. The molecule has 0 rings (SSSR count). The Bertz CT molecular complexity index is 421. The van der Waals surface area contributed by atoms with Crippen LogP contribution in [0.25, 0.3) is 0 Å². The Kier molecular flexibility index (Phi) is 25.9. The van der Waals surface area contributed by atoms with Gasteiger partial charge in [-0.3, -0.25) is 0 Å². The van der Waals surface area contributed by atoms with Gasteiger partial charge in [-0.2, -0.15) is 0 Å². The van der Waals surface area contributed by atoms with Crippen LogP contribution >= 0.6 is 36.7 Å². The van der Waals surface area contributed by atoms with Crippen LogP contribution in [0.4, 0.5) is 0 Å². The zero-order valence-electron chi connectivity index (χ0n) is 19.4. The molecule has 0 aliphatic rings. The van der Waals surface area contributed by atoms with Crippen molar-refractivity contribution in [1.29, 1.82) is 0 Å². The summed E-state index contributed by atoms with van der Waals surface area (Å²) < 4.78 is 2.10. The normalized spacial score (nSPS) is 11.1. The Morgan fingerprint density at radius 3 is 1.07 bits per heavy atom. The van der Waals surface area contributed by atoms with E-state index in [1.807, 2.05) is 0 Å². The SMILES string of the molecule is CC(C)(O)C(=S)[S-].CC(C)(O)C(=S)[S-].CC(C)(O)C(=S)[S-].CC(C)CCCC[CH2][Sn+3]. The van der Waals surface area contributed by atoms with Crippen LogP contribution in [-0.2, 0) is 37.9 Å². The van der Waals surface area contributed by atoms with Gasteiger partial charge < -0.3 is 89.9 Å². The zero-order valence-corrected chi connectivity index (χ0v) is 27.2. The van der Waals surface area contributed by atoms with E-state index in [1.54, 1.807) is 64.1 Å². The van der Waals surface area contributed by atoms with Crippen LogP contribution in [0.3, 0.4) is 0 Å². The third-order valence-electron chi connectivity index (χ3n) is 2.96. The average Bonchev–Trinajstić information content (AvgIpc) is 2.50. The summed E-state index contributed by atoms with van der Waals surface area (Å²) in [6, 6.07) is 0. The Hall–Kier alpha value is 1.61. The number of hydrogen-bond donors (Lipinski definition) is 3. The van der Waals surface area contributed by atoms with Gasteiger partial charge in [0.2, 0.25) is 0 Å². The molecule has 0 atom stereocenters. The molecular weight excluding hydrogens is 599 g/mol. The minimum absolute atomic E-state index is 0.215. The first-order chi connectivity index (χ1) is 13.1. The molecule has 0 aromatic rings. The number of thiocarbonyl (C=S) groups is 3. The summed E-state index contributed by atoms with van der Waals surface area (Å²) in [7, 11) is 0. The van der Waals surface area contributed by atoms with Gasteiger partial charge in [0, 0.05) is 0 Å². The van der Waals surface area contributed by atoms with Gasteiger partial charge in [0.05, 0.1) is 16.8 Å². The van der Waals surface area contributed by atoms with Crippen molar-refractivity contribution in [1.82, 2.24) is 0 Å². The van der Waals surface area contributed by atoms with Crippen molar-refractivity contribution < 1.29 is 15.3 Å². The zero-order chi connectivity index (χ0) is 25.3. The van der Waals surface area contributed by atoms with Crippen LogP contribution in [0.5, 0.6) is 0 Å². The average molecular weight is 638 g/mol. The van der Waals surface area contributed by atoms with Gasteiger partial charge in [-0.15, -0.1) is 12.6 Å². The fourth-order valence-electron chi connectivity index (χ4n) is 0.854. The van der Waals surface area contributed by atoms with Gasteiger partial charge in [-0.1, -0.05) is 0 Å². The molecule has 0 bridgehead atoms. The summed E-state index contributed by atoms with van der Waals surface area (Å²) in [6.07, 6.45) is 5.80. The fourth-order valence-corrected chi connectivity index (χ4v) is 1.57. The Balaban J connectivity index is -0.000000151. The van der Waals surface area contributed by atoms with Crippen molar-refractivity contribution in [2.75, 3.05) is 0 Å².